The van der Waals surface area contributed by atoms with Crippen molar-refractivity contribution in [1.29, 1.82) is 0 Å². The van der Waals surface area contributed by atoms with Crippen molar-refractivity contribution in [2.75, 3.05) is 0 Å². The maximum absolute atomic E-state index is 6.05. The molecule has 28 heavy (non-hydrogen) atoms. The molecule has 0 N–H and O–H groups in total. The van der Waals surface area contributed by atoms with Gasteiger partial charge in [-0.1, -0.05) is 34.1 Å². The third-order valence-electron chi connectivity index (χ3n) is 5.55. The van der Waals surface area contributed by atoms with E-state index in [1.165, 1.54) is 11.3 Å². The zero-order valence-electron chi connectivity index (χ0n) is 15.5. The molecule has 2 aromatic heterocycles. The number of hydrogen-bond donors (Lipinski definition) is 0. The zero-order chi connectivity index (χ0) is 18.9. The van der Waals surface area contributed by atoms with Gasteiger partial charge in [0, 0.05) is 29.1 Å². The Morgan fingerprint density at radius 3 is 2.75 bits per heavy atom. The molecule has 0 unspecified atom stereocenters. The maximum atomic E-state index is 6.05. The fraction of sp³-hybridized carbons (Fsp3) is 0.318. The van der Waals surface area contributed by atoms with Crippen LogP contribution in [0.25, 0.3) is 11.8 Å². The maximum Gasteiger partial charge on any atom is 0.213 e. The molecule has 0 saturated heterocycles. The Morgan fingerprint density at radius 2 is 1.93 bits per heavy atom. The van der Waals surface area contributed by atoms with E-state index in [-0.39, 0.29) is 6.10 Å². The van der Waals surface area contributed by atoms with E-state index in [0.717, 1.165) is 48.2 Å². The minimum absolute atomic E-state index is 0.225. The van der Waals surface area contributed by atoms with E-state index in [4.69, 9.17) is 4.74 Å². The molecule has 142 valence electrons. The number of benzene rings is 1. The van der Waals surface area contributed by atoms with Gasteiger partial charge in [0.2, 0.25) is 5.88 Å². The van der Waals surface area contributed by atoms with Gasteiger partial charge in [0.25, 0.3) is 0 Å². The molecule has 0 radical (unpaired) electrons. The van der Waals surface area contributed by atoms with Crippen LogP contribution in [0.4, 0.5) is 0 Å². The first-order valence-corrected chi connectivity index (χ1v) is 10.6. The van der Waals surface area contributed by atoms with Gasteiger partial charge in [-0.3, -0.25) is 4.57 Å². The summed E-state index contributed by atoms with van der Waals surface area (Å²) in [5.41, 5.74) is 2.36. The Bertz CT molecular complexity index is 1010. The van der Waals surface area contributed by atoms with E-state index in [9.17, 15) is 0 Å². The zero-order valence-corrected chi connectivity index (χ0v) is 17.0. The summed E-state index contributed by atoms with van der Waals surface area (Å²) in [6.45, 7) is 0. The highest BCUT2D eigenvalue weighted by Crippen LogP contribution is 2.36. The Balaban J connectivity index is 1.37. The summed E-state index contributed by atoms with van der Waals surface area (Å²) >= 11 is 3.58. The van der Waals surface area contributed by atoms with Gasteiger partial charge in [0.15, 0.2) is 0 Å². The quantitative estimate of drug-likeness (QED) is 0.572. The molecule has 0 bridgehead atoms. The van der Waals surface area contributed by atoms with Crippen LogP contribution in [0.15, 0.2) is 53.1 Å². The number of allylic oxidation sites excluding steroid dienone is 1. The lowest BCUT2D eigenvalue weighted by Crippen LogP contribution is -2.25. The summed E-state index contributed by atoms with van der Waals surface area (Å²) in [7, 11) is 0. The largest absolute Gasteiger partial charge is 0.474 e. The van der Waals surface area contributed by atoms with Gasteiger partial charge in [-0.2, -0.15) is 0 Å². The Hall–Kier alpha value is -2.47. The fourth-order valence-electron chi connectivity index (χ4n) is 4.17. The number of halogens is 1. The van der Waals surface area contributed by atoms with Crippen LogP contribution in [-0.4, -0.2) is 25.9 Å². The van der Waals surface area contributed by atoms with Crippen molar-refractivity contribution in [3.63, 3.8) is 0 Å². The number of nitrogens with zero attached hydrogens (tertiary/aromatic N) is 4. The van der Waals surface area contributed by atoms with Gasteiger partial charge in [0.05, 0.1) is 5.69 Å². The Morgan fingerprint density at radius 1 is 1.04 bits per heavy atom. The van der Waals surface area contributed by atoms with Crippen LogP contribution >= 0.6 is 15.9 Å². The first-order valence-electron chi connectivity index (χ1n) is 9.76. The van der Waals surface area contributed by atoms with E-state index in [1.54, 1.807) is 6.20 Å². The lowest BCUT2D eigenvalue weighted by atomic mass is 9.86. The number of ether oxygens (including phenoxy) is 1. The molecule has 0 atom stereocenters. The number of rotatable bonds is 3. The van der Waals surface area contributed by atoms with Crippen molar-refractivity contribution in [2.24, 2.45) is 0 Å². The molecule has 5 rings (SSSR count). The van der Waals surface area contributed by atoms with Crippen molar-refractivity contribution in [3.8, 4) is 11.6 Å². The molecule has 5 nitrogen and oxygen atoms in total. The minimum Gasteiger partial charge on any atom is -0.474 e. The number of aromatic nitrogens is 4. The van der Waals surface area contributed by atoms with Crippen LogP contribution < -0.4 is 4.74 Å². The van der Waals surface area contributed by atoms with Crippen LogP contribution in [0.5, 0.6) is 5.88 Å². The lowest BCUT2D eigenvalue weighted by molar-refractivity contribution is 0.139. The van der Waals surface area contributed by atoms with Gasteiger partial charge in [-0.25, -0.2) is 4.98 Å². The third-order valence-corrected chi connectivity index (χ3v) is 6.04. The molecule has 3 aromatic rings. The average Bonchev–Trinajstić information content (AvgIpc) is 3.05. The Kier molecular flexibility index (Phi) is 4.72. The first kappa shape index (κ1) is 17.6. The highest BCUT2D eigenvalue weighted by molar-refractivity contribution is 9.10. The molecule has 1 aromatic carbocycles. The normalized spacial score (nSPS) is 20.9. The number of fused-ring (bicyclic) bond motifs is 3. The number of hydrogen-bond acceptors (Lipinski definition) is 4. The van der Waals surface area contributed by atoms with E-state index in [2.05, 4.69) is 66.0 Å². The number of pyridine rings is 1. The predicted octanol–water partition coefficient (Wildman–Crippen LogP) is 5.10. The van der Waals surface area contributed by atoms with Crippen LogP contribution in [0.1, 0.15) is 48.8 Å². The summed E-state index contributed by atoms with van der Waals surface area (Å²) in [6.07, 6.45) is 11.3. The summed E-state index contributed by atoms with van der Waals surface area (Å²) in [5.74, 6) is 3.21. The minimum atomic E-state index is 0.225. The van der Waals surface area contributed by atoms with E-state index >= 15 is 0 Å². The van der Waals surface area contributed by atoms with Gasteiger partial charge in [0.1, 0.15) is 17.8 Å². The summed E-state index contributed by atoms with van der Waals surface area (Å²) in [5, 5.41) is 9.12. The summed E-state index contributed by atoms with van der Waals surface area (Å²) in [6, 6.07) is 12.2. The van der Waals surface area contributed by atoms with Crippen molar-refractivity contribution >= 4 is 22.0 Å². The second kappa shape index (κ2) is 7.51. The van der Waals surface area contributed by atoms with Crippen molar-refractivity contribution < 1.29 is 4.74 Å². The molecule has 6 heteroatoms. The SMILES string of the molecule is Brc1ccc2c(c1)C=CCc1nnc([C@H]3CC[C@H](Oc4ccccn4)CC3)n1-2. The van der Waals surface area contributed by atoms with Crippen LogP contribution in [0, 0.1) is 0 Å². The molecule has 1 aliphatic heterocycles. The van der Waals surface area contributed by atoms with Crippen LogP contribution in [0.3, 0.4) is 0 Å². The molecule has 0 amide bonds. The second-order valence-corrected chi connectivity index (χ2v) is 8.29. The highest BCUT2D eigenvalue weighted by atomic mass is 79.9. The van der Waals surface area contributed by atoms with E-state index < -0.39 is 0 Å². The second-order valence-electron chi connectivity index (χ2n) is 7.38. The van der Waals surface area contributed by atoms with Crippen molar-refractivity contribution in [1.82, 2.24) is 19.7 Å². The average molecular weight is 437 g/mol. The molecule has 2 aliphatic rings. The lowest BCUT2D eigenvalue weighted by Gasteiger charge is -2.28. The summed E-state index contributed by atoms with van der Waals surface area (Å²) in [4.78, 5) is 4.28. The molecule has 1 fully saturated rings. The monoisotopic (exact) mass is 436 g/mol. The van der Waals surface area contributed by atoms with Gasteiger partial charge in [-0.15, -0.1) is 10.2 Å². The molecule has 3 heterocycles. The summed E-state index contributed by atoms with van der Waals surface area (Å²) < 4.78 is 9.41. The predicted molar refractivity (Wildman–Crippen MR) is 112 cm³/mol. The smallest absolute Gasteiger partial charge is 0.213 e. The van der Waals surface area contributed by atoms with Gasteiger partial charge >= 0.3 is 0 Å². The molecular formula is C22H21BrN4O. The Labute approximate surface area is 172 Å². The highest BCUT2D eigenvalue weighted by Gasteiger charge is 2.29. The molecule has 1 saturated carbocycles. The van der Waals surface area contributed by atoms with Crippen molar-refractivity contribution in [2.45, 2.75) is 44.1 Å². The molecule has 0 spiro atoms. The van der Waals surface area contributed by atoms with Gasteiger partial charge in [-0.05, 0) is 55.5 Å². The van der Waals surface area contributed by atoms with E-state index in [0.29, 0.717) is 11.8 Å². The molecular weight excluding hydrogens is 416 g/mol. The standard InChI is InChI=1S/C22H21BrN4O/c23-17-9-12-19-16(14-17)4-3-5-20-25-26-22(27(19)20)15-7-10-18(11-8-15)28-21-6-1-2-13-24-21/h1-4,6,9,12-15,18H,5,7-8,10-11H2/t15-,18-. The van der Waals surface area contributed by atoms with E-state index in [1.807, 2.05) is 18.2 Å². The topological polar surface area (TPSA) is 52.8 Å². The molecule has 1 aliphatic carbocycles. The van der Waals surface area contributed by atoms with Crippen LogP contribution in [-0.2, 0) is 6.42 Å². The van der Waals surface area contributed by atoms with Gasteiger partial charge < -0.3 is 4.74 Å². The third kappa shape index (κ3) is 3.37. The fourth-order valence-corrected chi connectivity index (χ4v) is 4.55. The van der Waals surface area contributed by atoms with Crippen molar-refractivity contribution in [3.05, 3.63) is 70.4 Å². The first-order chi connectivity index (χ1) is 13.8. The van der Waals surface area contributed by atoms with Crippen LogP contribution in [0.2, 0.25) is 0 Å².